The lowest BCUT2D eigenvalue weighted by atomic mass is 10.0. The van der Waals surface area contributed by atoms with Gasteiger partial charge in [-0.25, -0.2) is 0 Å². The molecule has 0 aliphatic carbocycles. The summed E-state index contributed by atoms with van der Waals surface area (Å²) < 4.78 is 5.79. The lowest BCUT2D eigenvalue weighted by molar-refractivity contribution is 0.268. The van der Waals surface area contributed by atoms with E-state index >= 15 is 0 Å². The Kier molecular flexibility index (Phi) is 5.79. The molecule has 2 nitrogen and oxygen atoms in total. The first-order valence-electron chi connectivity index (χ1n) is 6.20. The molecular formula is C14H22ClNO. The van der Waals surface area contributed by atoms with Gasteiger partial charge in [0.05, 0.1) is 11.6 Å². The number of benzene rings is 1. The maximum atomic E-state index is 6.17. The molecule has 96 valence electrons. The van der Waals surface area contributed by atoms with Crippen LogP contribution < -0.4 is 10.5 Å². The molecule has 1 atom stereocenters. The molecule has 0 aliphatic rings. The molecule has 1 aromatic rings. The fourth-order valence-corrected chi connectivity index (χ4v) is 1.80. The van der Waals surface area contributed by atoms with Crippen molar-refractivity contribution in [2.45, 2.75) is 39.7 Å². The molecule has 0 fully saturated rings. The van der Waals surface area contributed by atoms with E-state index in [0.29, 0.717) is 17.5 Å². The predicted octanol–water partition coefficient (Wildman–Crippen LogP) is 3.65. The van der Waals surface area contributed by atoms with E-state index in [4.69, 9.17) is 22.1 Å². The van der Waals surface area contributed by atoms with E-state index in [1.807, 2.05) is 18.2 Å². The van der Waals surface area contributed by atoms with E-state index in [0.717, 1.165) is 24.2 Å². The third-order valence-electron chi connectivity index (χ3n) is 2.62. The van der Waals surface area contributed by atoms with Crippen LogP contribution in [0.1, 0.15) is 32.8 Å². The van der Waals surface area contributed by atoms with Crippen LogP contribution in [0, 0.1) is 5.92 Å². The van der Waals surface area contributed by atoms with Gasteiger partial charge in [-0.15, -0.1) is 0 Å². The monoisotopic (exact) mass is 255 g/mol. The zero-order valence-corrected chi connectivity index (χ0v) is 11.6. The molecule has 0 bridgehead atoms. The van der Waals surface area contributed by atoms with Gasteiger partial charge in [0, 0.05) is 6.04 Å². The van der Waals surface area contributed by atoms with Crippen molar-refractivity contribution in [1.29, 1.82) is 0 Å². The average Bonchev–Trinajstić information content (AvgIpc) is 2.27. The summed E-state index contributed by atoms with van der Waals surface area (Å²) in [5.41, 5.74) is 7.09. The first-order valence-corrected chi connectivity index (χ1v) is 6.58. The Morgan fingerprint density at radius 2 is 2.06 bits per heavy atom. The van der Waals surface area contributed by atoms with Crippen molar-refractivity contribution in [2.75, 3.05) is 6.61 Å². The summed E-state index contributed by atoms with van der Waals surface area (Å²) in [6.45, 7) is 7.00. The second-order valence-corrected chi connectivity index (χ2v) is 5.21. The summed E-state index contributed by atoms with van der Waals surface area (Å²) >= 11 is 6.17. The fraction of sp³-hybridized carbons (Fsp3) is 0.571. The van der Waals surface area contributed by atoms with Gasteiger partial charge >= 0.3 is 0 Å². The average molecular weight is 256 g/mol. The molecule has 1 aromatic carbocycles. The van der Waals surface area contributed by atoms with E-state index in [2.05, 4.69) is 20.8 Å². The molecule has 0 amide bonds. The second kappa shape index (κ2) is 6.87. The third-order valence-corrected chi connectivity index (χ3v) is 2.91. The van der Waals surface area contributed by atoms with Gasteiger partial charge in [0.1, 0.15) is 5.75 Å². The maximum absolute atomic E-state index is 6.17. The molecule has 0 aromatic heterocycles. The van der Waals surface area contributed by atoms with Gasteiger partial charge in [0.2, 0.25) is 0 Å². The van der Waals surface area contributed by atoms with Gasteiger partial charge in [-0.3, -0.25) is 0 Å². The quantitative estimate of drug-likeness (QED) is 0.842. The molecule has 0 aliphatic heterocycles. The summed E-state index contributed by atoms with van der Waals surface area (Å²) in [6, 6.07) is 6.01. The number of nitrogens with two attached hydrogens (primary N) is 1. The molecule has 0 heterocycles. The van der Waals surface area contributed by atoms with E-state index in [1.54, 1.807) is 0 Å². The van der Waals surface area contributed by atoms with Gasteiger partial charge in [0.25, 0.3) is 0 Å². The highest BCUT2D eigenvalue weighted by Gasteiger charge is 2.11. The number of ether oxygens (including phenoxy) is 1. The van der Waals surface area contributed by atoms with Crippen LogP contribution in [-0.4, -0.2) is 12.6 Å². The largest absolute Gasteiger partial charge is 0.491 e. The number of rotatable bonds is 6. The highest BCUT2D eigenvalue weighted by atomic mass is 35.5. The highest BCUT2D eigenvalue weighted by Crippen LogP contribution is 2.30. The second-order valence-electron chi connectivity index (χ2n) is 4.81. The summed E-state index contributed by atoms with van der Waals surface area (Å²) in [7, 11) is 0. The van der Waals surface area contributed by atoms with Crippen LogP contribution in [0.15, 0.2) is 18.2 Å². The van der Waals surface area contributed by atoms with E-state index in [9.17, 15) is 0 Å². The van der Waals surface area contributed by atoms with Crippen molar-refractivity contribution in [2.24, 2.45) is 11.7 Å². The Morgan fingerprint density at radius 3 is 2.65 bits per heavy atom. The standard InChI is InChI=1S/C14H22ClNO/c1-4-12(16)8-11-6-5-7-13(15)14(11)17-9-10(2)3/h5-7,10,12H,4,8-9,16H2,1-3H3. The van der Waals surface area contributed by atoms with E-state index in [-0.39, 0.29) is 6.04 Å². The lowest BCUT2D eigenvalue weighted by Gasteiger charge is -2.16. The topological polar surface area (TPSA) is 35.2 Å². The number of para-hydroxylation sites is 1. The molecule has 0 radical (unpaired) electrons. The van der Waals surface area contributed by atoms with Crippen molar-refractivity contribution in [1.82, 2.24) is 0 Å². The Hall–Kier alpha value is -0.730. The van der Waals surface area contributed by atoms with E-state index < -0.39 is 0 Å². The van der Waals surface area contributed by atoms with Gasteiger partial charge in [0.15, 0.2) is 0 Å². The molecule has 2 N–H and O–H groups in total. The maximum Gasteiger partial charge on any atom is 0.141 e. The molecule has 0 saturated carbocycles. The Morgan fingerprint density at radius 1 is 1.35 bits per heavy atom. The molecule has 0 saturated heterocycles. The van der Waals surface area contributed by atoms with Crippen LogP contribution in [0.5, 0.6) is 5.75 Å². The molecule has 3 heteroatoms. The summed E-state index contributed by atoms with van der Waals surface area (Å²) in [5.74, 6) is 1.28. The molecule has 1 rings (SSSR count). The Balaban J connectivity index is 2.84. The van der Waals surface area contributed by atoms with Crippen LogP contribution in [0.2, 0.25) is 5.02 Å². The van der Waals surface area contributed by atoms with E-state index in [1.165, 1.54) is 0 Å². The Labute approximate surface area is 109 Å². The molecular weight excluding hydrogens is 234 g/mol. The minimum Gasteiger partial charge on any atom is -0.491 e. The number of hydrogen-bond acceptors (Lipinski definition) is 2. The Bertz CT molecular complexity index is 352. The minimum atomic E-state index is 0.162. The van der Waals surface area contributed by atoms with Crippen LogP contribution >= 0.6 is 11.6 Å². The SMILES string of the molecule is CCC(N)Cc1cccc(Cl)c1OCC(C)C. The van der Waals surface area contributed by atoms with Crippen molar-refractivity contribution >= 4 is 11.6 Å². The molecule has 0 spiro atoms. The van der Waals surface area contributed by atoms with Crippen LogP contribution in [-0.2, 0) is 6.42 Å². The predicted molar refractivity (Wildman–Crippen MR) is 73.8 cm³/mol. The first-order chi connectivity index (χ1) is 8.04. The lowest BCUT2D eigenvalue weighted by Crippen LogP contribution is -2.22. The van der Waals surface area contributed by atoms with Crippen molar-refractivity contribution in [3.8, 4) is 5.75 Å². The molecule has 1 unspecified atom stereocenters. The van der Waals surface area contributed by atoms with Gasteiger partial charge in [-0.1, -0.05) is 44.5 Å². The third kappa shape index (κ3) is 4.57. The number of hydrogen-bond donors (Lipinski definition) is 1. The van der Waals surface area contributed by atoms with Crippen molar-refractivity contribution in [3.05, 3.63) is 28.8 Å². The van der Waals surface area contributed by atoms with Crippen LogP contribution in [0.4, 0.5) is 0 Å². The minimum absolute atomic E-state index is 0.162. The summed E-state index contributed by atoms with van der Waals surface area (Å²) in [5, 5.41) is 0.673. The molecule has 17 heavy (non-hydrogen) atoms. The summed E-state index contributed by atoms with van der Waals surface area (Å²) in [6.07, 6.45) is 1.76. The van der Waals surface area contributed by atoms with Crippen molar-refractivity contribution in [3.63, 3.8) is 0 Å². The number of halogens is 1. The van der Waals surface area contributed by atoms with Crippen LogP contribution in [0.25, 0.3) is 0 Å². The first kappa shape index (κ1) is 14.3. The van der Waals surface area contributed by atoms with Gasteiger partial charge in [-0.05, 0) is 30.4 Å². The zero-order valence-electron chi connectivity index (χ0n) is 10.9. The normalized spacial score (nSPS) is 12.8. The van der Waals surface area contributed by atoms with Gasteiger partial charge in [-0.2, -0.15) is 0 Å². The fourth-order valence-electron chi connectivity index (χ4n) is 1.55. The highest BCUT2D eigenvalue weighted by molar-refractivity contribution is 6.32. The zero-order chi connectivity index (χ0) is 12.8. The van der Waals surface area contributed by atoms with Crippen LogP contribution in [0.3, 0.4) is 0 Å². The van der Waals surface area contributed by atoms with Crippen molar-refractivity contribution < 1.29 is 4.74 Å². The summed E-state index contributed by atoms with van der Waals surface area (Å²) in [4.78, 5) is 0. The smallest absolute Gasteiger partial charge is 0.141 e. The van der Waals surface area contributed by atoms with Gasteiger partial charge < -0.3 is 10.5 Å².